The van der Waals surface area contributed by atoms with Crippen molar-refractivity contribution in [1.82, 2.24) is 15.0 Å². The van der Waals surface area contributed by atoms with Gasteiger partial charge in [0.15, 0.2) is 5.82 Å². The number of nitrogens with zero attached hydrogens (tertiary/aromatic N) is 3. The molecule has 0 aliphatic rings. The van der Waals surface area contributed by atoms with Crippen LogP contribution in [-0.4, -0.2) is 15.0 Å². The molecule has 0 radical (unpaired) electrons. The van der Waals surface area contributed by atoms with Crippen LogP contribution in [-0.2, 0) is 0 Å². The smallest absolute Gasteiger partial charge is 0.173 e. The molecular weight excluding hydrogens is 244 g/mol. The quantitative estimate of drug-likeness (QED) is 0.727. The van der Waals surface area contributed by atoms with Gasteiger partial charge in [-0.3, -0.25) is 0 Å². The van der Waals surface area contributed by atoms with Crippen molar-refractivity contribution < 1.29 is 0 Å². The Morgan fingerprint density at radius 3 is 2.72 bits per heavy atom. The molecule has 0 unspecified atom stereocenters. The van der Waals surface area contributed by atoms with E-state index in [1.54, 1.807) is 17.5 Å². The molecule has 18 heavy (non-hydrogen) atoms. The van der Waals surface area contributed by atoms with Gasteiger partial charge >= 0.3 is 0 Å². The Bertz CT molecular complexity index is 733. The molecule has 2 heterocycles. The van der Waals surface area contributed by atoms with Crippen molar-refractivity contribution >= 4 is 28.1 Å². The largest absolute Gasteiger partial charge is 0.383 e. The van der Waals surface area contributed by atoms with Crippen molar-refractivity contribution in [2.75, 3.05) is 5.73 Å². The second-order valence-corrected chi connectivity index (χ2v) is 5.43. The molecule has 0 saturated heterocycles. The third-order valence-electron chi connectivity index (χ3n) is 2.72. The molecule has 1 aromatic carbocycles. The second-order valence-electron chi connectivity index (χ2n) is 4.20. The van der Waals surface area contributed by atoms with Crippen molar-refractivity contribution in [3.05, 3.63) is 35.0 Å². The molecule has 0 amide bonds. The van der Waals surface area contributed by atoms with Crippen LogP contribution in [0.5, 0.6) is 0 Å². The first-order valence-corrected chi connectivity index (χ1v) is 6.42. The third kappa shape index (κ3) is 1.82. The van der Waals surface area contributed by atoms with Gasteiger partial charge < -0.3 is 5.73 Å². The summed E-state index contributed by atoms with van der Waals surface area (Å²) in [5, 5.41) is 1.90. The lowest BCUT2D eigenvalue weighted by molar-refractivity contribution is 1.23. The van der Waals surface area contributed by atoms with Crippen molar-refractivity contribution in [1.29, 1.82) is 0 Å². The number of anilines is 1. The molecule has 3 rings (SSSR count). The van der Waals surface area contributed by atoms with E-state index in [-0.39, 0.29) is 0 Å². The molecular formula is C13H12N4S. The van der Waals surface area contributed by atoms with Gasteiger partial charge in [-0.2, -0.15) is 0 Å². The predicted octanol–water partition coefficient (Wildman–Crippen LogP) is 2.95. The Kier molecular flexibility index (Phi) is 2.48. The molecule has 0 spiro atoms. The highest BCUT2D eigenvalue weighted by molar-refractivity contribution is 7.14. The molecule has 0 atom stereocenters. The second kappa shape index (κ2) is 4.03. The lowest BCUT2D eigenvalue weighted by Gasteiger charge is -2.04. The summed E-state index contributed by atoms with van der Waals surface area (Å²) in [4.78, 5) is 14.1. The van der Waals surface area contributed by atoms with Gasteiger partial charge in [-0.1, -0.05) is 11.6 Å². The van der Waals surface area contributed by atoms with E-state index >= 15 is 0 Å². The number of benzene rings is 1. The zero-order valence-electron chi connectivity index (χ0n) is 10.1. The number of hydrogen-bond donors (Lipinski definition) is 1. The molecule has 2 N–H and O–H groups in total. The zero-order valence-corrected chi connectivity index (χ0v) is 11.0. The van der Waals surface area contributed by atoms with Crippen LogP contribution in [0.25, 0.3) is 21.6 Å². The van der Waals surface area contributed by atoms with Crippen molar-refractivity contribution in [3.8, 4) is 10.7 Å². The minimum absolute atomic E-state index is 0.518. The molecule has 0 fully saturated rings. The van der Waals surface area contributed by atoms with Crippen LogP contribution < -0.4 is 5.73 Å². The van der Waals surface area contributed by atoms with E-state index in [0.717, 1.165) is 26.4 Å². The van der Waals surface area contributed by atoms with Gasteiger partial charge in [-0.15, -0.1) is 11.3 Å². The fraction of sp³-hybridized carbons (Fsp3) is 0.154. The highest BCUT2D eigenvalue weighted by Crippen LogP contribution is 2.27. The normalized spacial score (nSPS) is 11.0. The molecule has 0 bridgehead atoms. The van der Waals surface area contributed by atoms with Gasteiger partial charge in [0.2, 0.25) is 0 Å². The van der Waals surface area contributed by atoms with E-state index in [1.165, 1.54) is 0 Å². The SMILES string of the molecule is Cc1ccc2nc(-c3cnc(C)s3)nc(N)c2c1. The fourth-order valence-electron chi connectivity index (χ4n) is 1.84. The lowest BCUT2D eigenvalue weighted by atomic mass is 10.1. The minimum atomic E-state index is 0.518. The van der Waals surface area contributed by atoms with Crippen LogP contribution in [0.4, 0.5) is 5.82 Å². The third-order valence-corrected chi connectivity index (χ3v) is 3.63. The Morgan fingerprint density at radius 2 is 2.00 bits per heavy atom. The molecule has 0 aliphatic carbocycles. The summed E-state index contributed by atoms with van der Waals surface area (Å²) in [5.74, 6) is 1.17. The molecule has 3 aromatic rings. The highest BCUT2D eigenvalue weighted by Gasteiger charge is 2.09. The Morgan fingerprint density at radius 1 is 1.17 bits per heavy atom. The van der Waals surface area contributed by atoms with E-state index in [0.29, 0.717) is 11.6 Å². The maximum atomic E-state index is 6.00. The average Bonchev–Trinajstić information content (AvgIpc) is 2.77. The van der Waals surface area contributed by atoms with Gasteiger partial charge in [0, 0.05) is 11.6 Å². The van der Waals surface area contributed by atoms with Crippen LogP contribution in [0.1, 0.15) is 10.6 Å². The standard InChI is InChI=1S/C13H12N4S/c1-7-3-4-10-9(5-7)12(14)17-13(16-10)11-6-15-8(2)18-11/h3-6H,1-2H3,(H2,14,16,17). The van der Waals surface area contributed by atoms with Crippen LogP contribution in [0.3, 0.4) is 0 Å². The zero-order chi connectivity index (χ0) is 12.7. The number of rotatable bonds is 1. The van der Waals surface area contributed by atoms with Crippen LogP contribution in [0.15, 0.2) is 24.4 Å². The summed E-state index contributed by atoms with van der Waals surface area (Å²) in [6.45, 7) is 3.99. The van der Waals surface area contributed by atoms with E-state index in [9.17, 15) is 0 Å². The first kappa shape index (κ1) is 11.1. The first-order valence-electron chi connectivity index (χ1n) is 5.60. The number of hydrogen-bond acceptors (Lipinski definition) is 5. The summed E-state index contributed by atoms with van der Waals surface area (Å²) in [6.07, 6.45) is 1.79. The summed E-state index contributed by atoms with van der Waals surface area (Å²) in [5.41, 5.74) is 8.02. The number of nitrogens with two attached hydrogens (primary N) is 1. The van der Waals surface area contributed by atoms with E-state index < -0.39 is 0 Å². The van der Waals surface area contributed by atoms with Gasteiger partial charge in [0.1, 0.15) is 5.82 Å². The number of thiazole rings is 1. The summed E-state index contributed by atoms with van der Waals surface area (Å²) in [6, 6.07) is 6.00. The number of aromatic nitrogens is 3. The summed E-state index contributed by atoms with van der Waals surface area (Å²) < 4.78 is 0. The van der Waals surface area contributed by atoms with Crippen LogP contribution in [0, 0.1) is 13.8 Å². The Balaban J connectivity index is 2.24. The van der Waals surface area contributed by atoms with Gasteiger partial charge in [0.05, 0.1) is 15.4 Å². The monoisotopic (exact) mass is 256 g/mol. The van der Waals surface area contributed by atoms with Crippen LogP contribution >= 0.6 is 11.3 Å². The topological polar surface area (TPSA) is 64.7 Å². The van der Waals surface area contributed by atoms with E-state index in [1.807, 2.05) is 32.0 Å². The molecule has 2 aromatic heterocycles. The van der Waals surface area contributed by atoms with E-state index in [4.69, 9.17) is 5.73 Å². The average molecular weight is 256 g/mol. The molecule has 0 saturated carbocycles. The molecule has 5 heteroatoms. The van der Waals surface area contributed by atoms with Crippen LogP contribution in [0.2, 0.25) is 0 Å². The molecule has 4 nitrogen and oxygen atoms in total. The van der Waals surface area contributed by atoms with Gasteiger partial charge in [0.25, 0.3) is 0 Å². The fourth-order valence-corrected chi connectivity index (χ4v) is 2.55. The Labute approximate surface area is 109 Å². The summed E-state index contributed by atoms with van der Waals surface area (Å²) in [7, 11) is 0. The van der Waals surface area contributed by atoms with Crippen molar-refractivity contribution in [2.45, 2.75) is 13.8 Å². The Hall–Kier alpha value is -2.01. The minimum Gasteiger partial charge on any atom is -0.383 e. The maximum absolute atomic E-state index is 6.00. The summed E-state index contributed by atoms with van der Waals surface area (Å²) >= 11 is 1.57. The highest BCUT2D eigenvalue weighted by atomic mass is 32.1. The predicted molar refractivity (Wildman–Crippen MR) is 74.5 cm³/mol. The van der Waals surface area contributed by atoms with Gasteiger partial charge in [-0.25, -0.2) is 15.0 Å². The first-order chi connectivity index (χ1) is 8.63. The van der Waals surface area contributed by atoms with E-state index in [2.05, 4.69) is 15.0 Å². The molecule has 0 aliphatic heterocycles. The lowest BCUT2D eigenvalue weighted by Crippen LogP contribution is -1.97. The number of aryl methyl sites for hydroxylation is 2. The maximum Gasteiger partial charge on any atom is 0.173 e. The van der Waals surface area contributed by atoms with Crippen molar-refractivity contribution in [2.24, 2.45) is 0 Å². The number of fused-ring (bicyclic) bond motifs is 1. The van der Waals surface area contributed by atoms with Crippen molar-refractivity contribution in [3.63, 3.8) is 0 Å². The molecule has 90 valence electrons. The van der Waals surface area contributed by atoms with Gasteiger partial charge in [-0.05, 0) is 26.0 Å². The number of nitrogen functional groups attached to an aromatic ring is 1.